The van der Waals surface area contributed by atoms with Crippen molar-refractivity contribution >= 4 is 5.97 Å². The summed E-state index contributed by atoms with van der Waals surface area (Å²) in [5, 5.41) is 8.32. The molecular formula is C18H15F2N2O2Pt-. The van der Waals surface area contributed by atoms with Gasteiger partial charge in [-0.25, -0.2) is 14.2 Å². The summed E-state index contributed by atoms with van der Waals surface area (Å²) in [6, 6.07) is 14.7. The van der Waals surface area contributed by atoms with Crippen molar-refractivity contribution in [2.75, 3.05) is 0 Å². The molecule has 0 amide bonds. The van der Waals surface area contributed by atoms with Gasteiger partial charge in [-0.3, -0.25) is 4.39 Å². The van der Waals surface area contributed by atoms with Crippen molar-refractivity contribution in [1.82, 2.24) is 9.97 Å². The fraction of sp³-hybridized carbons (Fsp3) is 0.0556. The maximum absolute atomic E-state index is 12.8. The Kier molecular flexibility index (Phi) is 10.1. The summed E-state index contributed by atoms with van der Waals surface area (Å²) in [6.45, 7) is 0. The first-order valence-corrected chi connectivity index (χ1v) is 6.50. The third kappa shape index (κ3) is 6.89. The molecular weight excluding hydrogens is 509 g/mol. The van der Waals surface area contributed by atoms with E-state index in [0.717, 1.165) is 12.1 Å². The predicted molar refractivity (Wildman–Crippen MR) is 86.4 cm³/mol. The van der Waals surface area contributed by atoms with Gasteiger partial charge < -0.3 is 10.1 Å². The minimum Gasteiger partial charge on any atom is -0.477 e. The van der Waals surface area contributed by atoms with Crippen LogP contribution in [0.1, 0.15) is 17.9 Å². The minimum atomic E-state index is -0.990. The number of hydrogen-bond acceptors (Lipinski definition) is 3. The van der Waals surface area contributed by atoms with Crippen LogP contribution >= 0.6 is 0 Å². The van der Waals surface area contributed by atoms with Gasteiger partial charge in [-0.05, 0) is 23.9 Å². The summed E-state index contributed by atoms with van der Waals surface area (Å²) >= 11 is 0. The summed E-state index contributed by atoms with van der Waals surface area (Å²) < 4.78 is 25.4. The van der Waals surface area contributed by atoms with Crippen LogP contribution in [0.5, 0.6) is 0 Å². The SMILES string of the molecule is C.Fc1c[c-]c(-c2ccccn2)cc1F.O=C(O)c1ccccn1.[Pt]. The van der Waals surface area contributed by atoms with Gasteiger partial charge in [0.05, 0.1) is 11.6 Å². The third-order valence-electron chi connectivity index (χ3n) is 2.68. The summed E-state index contributed by atoms with van der Waals surface area (Å²) in [7, 11) is 0. The van der Waals surface area contributed by atoms with Gasteiger partial charge in [-0.15, -0.1) is 23.8 Å². The standard InChI is InChI=1S/C11H6F2N.C6H5NO2.CH4.Pt/c12-9-5-4-8(7-10(9)13)11-3-1-2-6-14-11;8-6(9)5-3-1-2-4-7-5;;/h1-3,5-7H;1-4H,(H,8,9);1H4;/q-1;;;. The molecule has 0 bridgehead atoms. The van der Waals surface area contributed by atoms with E-state index in [1.54, 1.807) is 36.5 Å². The van der Waals surface area contributed by atoms with Crippen molar-refractivity contribution in [3.05, 3.63) is 84.3 Å². The second kappa shape index (κ2) is 11.2. The smallest absolute Gasteiger partial charge is 0.354 e. The first-order valence-electron chi connectivity index (χ1n) is 6.50. The molecule has 134 valence electrons. The maximum Gasteiger partial charge on any atom is 0.354 e. The van der Waals surface area contributed by atoms with Crippen LogP contribution in [-0.4, -0.2) is 21.0 Å². The number of carboxylic acids is 1. The first-order chi connectivity index (χ1) is 11.1. The Bertz CT molecular complexity index is 788. The molecule has 0 saturated carbocycles. The predicted octanol–water partition coefficient (Wildman–Crippen LogP) is 4.24. The molecule has 0 aliphatic rings. The molecule has 1 aromatic carbocycles. The second-order valence-electron chi connectivity index (χ2n) is 4.28. The number of rotatable bonds is 2. The molecule has 0 saturated heterocycles. The van der Waals surface area contributed by atoms with Crippen molar-refractivity contribution in [3.8, 4) is 11.3 Å². The van der Waals surface area contributed by atoms with E-state index in [9.17, 15) is 13.6 Å². The van der Waals surface area contributed by atoms with Gasteiger partial charge in [0.1, 0.15) is 5.69 Å². The Morgan fingerprint density at radius 1 is 1.00 bits per heavy atom. The van der Waals surface area contributed by atoms with Crippen LogP contribution in [-0.2, 0) is 21.1 Å². The molecule has 0 atom stereocenters. The Morgan fingerprint density at radius 2 is 1.64 bits per heavy atom. The van der Waals surface area contributed by atoms with Crippen LogP contribution in [0.15, 0.2) is 60.9 Å². The van der Waals surface area contributed by atoms with Gasteiger partial charge in [-0.1, -0.05) is 25.6 Å². The Morgan fingerprint density at radius 3 is 2.08 bits per heavy atom. The van der Waals surface area contributed by atoms with Gasteiger partial charge in [0.2, 0.25) is 0 Å². The van der Waals surface area contributed by atoms with E-state index in [4.69, 9.17) is 5.11 Å². The van der Waals surface area contributed by atoms with E-state index in [1.807, 2.05) is 0 Å². The van der Waals surface area contributed by atoms with Crippen LogP contribution in [0.2, 0.25) is 0 Å². The van der Waals surface area contributed by atoms with Crippen LogP contribution in [0.4, 0.5) is 8.78 Å². The number of hydrogen-bond donors (Lipinski definition) is 1. The number of aromatic nitrogens is 2. The number of halogens is 2. The molecule has 2 heterocycles. The van der Waals surface area contributed by atoms with Gasteiger partial charge in [0, 0.05) is 33.5 Å². The maximum atomic E-state index is 12.8. The van der Waals surface area contributed by atoms with Crippen molar-refractivity contribution in [3.63, 3.8) is 0 Å². The van der Waals surface area contributed by atoms with E-state index in [-0.39, 0.29) is 34.2 Å². The summed E-state index contributed by atoms with van der Waals surface area (Å²) in [6.07, 6.45) is 3.04. The number of pyridine rings is 2. The van der Waals surface area contributed by atoms with Gasteiger partial charge in [0.15, 0.2) is 0 Å². The molecule has 25 heavy (non-hydrogen) atoms. The molecule has 7 heteroatoms. The minimum absolute atomic E-state index is 0. The van der Waals surface area contributed by atoms with Crippen molar-refractivity contribution in [2.45, 2.75) is 7.43 Å². The van der Waals surface area contributed by atoms with Crippen molar-refractivity contribution in [1.29, 1.82) is 0 Å². The van der Waals surface area contributed by atoms with E-state index < -0.39 is 17.6 Å². The quantitative estimate of drug-likeness (QED) is 0.510. The van der Waals surface area contributed by atoms with Crippen molar-refractivity contribution in [2.24, 2.45) is 0 Å². The molecule has 0 spiro atoms. The number of nitrogens with zero attached hydrogens (tertiary/aromatic N) is 2. The zero-order valence-corrected chi connectivity index (χ0v) is 14.4. The summed E-state index contributed by atoms with van der Waals surface area (Å²) in [5.41, 5.74) is 1.11. The molecule has 1 N–H and O–H groups in total. The van der Waals surface area contributed by atoms with Gasteiger partial charge in [0.25, 0.3) is 0 Å². The van der Waals surface area contributed by atoms with E-state index >= 15 is 0 Å². The van der Waals surface area contributed by atoms with Crippen LogP contribution < -0.4 is 0 Å². The normalized spacial score (nSPS) is 8.88. The third-order valence-corrected chi connectivity index (χ3v) is 2.68. The second-order valence-corrected chi connectivity index (χ2v) is 4.28. The van der Waals surface area contributed by atoms with E-state index in [1.165, 1.54) is 12.3 Å². The molecule has 2 aromatic heterocycles. The zero-order valence-electron chi connectivity index (χ0n) is 12.1. The Hall–Kier alpha value is -2.46. The number of benzene rings is 1. The topological polar surface area (TPSA) is 63.1 Å². The van der Waals surface area contributed by atoms with Crippen LogP contribution in [0.3, 0.4) is 0 Å². The molecule has 0 unspecified atom stereocenters. The molecule has 0 fully saturated rings. The summed E-state index contributed by atoms with van der Waals surface area (Å²) in [4.78, 5) is 17.7. The average molecular weight is 524 g/mol. The first kappa shape index (κ1) is 22.5. The van der Waals surface area contributed by atoms with E-state index in [0.29, 0.717) is 11.3 Å². The van der Waals surface area contributed by atoms with E-state index in [2.05, 4.69) is 16.0 Å². The number of carbonyl (C=O) groups is 1. The fourth-order valence-corrected chi connectivity index (χ4v) is 1.61. The average Bonchev–Trinajstić information content (AvgIpc) is 2.59. The van der Waals surface area contributed by atoms with Crippen molar-refractivity contribution < 1.29 is 39.7 Å². The Labute approximate surface area is 158 Å². The van der Waals surface area contributed by atoms with Crippen LogP contribution in [0.25, 0.3) is 11.3 Å². The monoisotopic (exact) mass is 524 g/mol. The van der Waals surface area contributed by atoms with Gasteiger partial charge in [-0.2, -0.15) is 0 Å². The molecule has 4 nitrogen and oxygen atoms in total. The molecule has 0 aliphatic carbocycles. The molecule has 0 radical (unpaired) electrons. The Balaban J connectivity index is 0.000000462. The van der Waals surface area contributed by atoms with Crippen LogP contribution in [0, 0.1) is 17.7 Å². The molecule has 0 aliphatic heterocycles. The molecule has 3 aromatic rings. The zero-order chi connectivity index (χ0) is 16.7. The largest absolute Gasteiger partial charge is 0.477 e. The summed E-state index contributed by atoms with van der Waals surface area (Å²) in [5.74, 6) is -2.77. The number of aromatic carboxylic acids is 1. The van der Waals surface area contributed by atoms with Gasteiger partial charge >= 0.3 is 5.97 Å². The number of carboxylic acid groups (broad SMARTS) is 1. The fourth-order valence-electron chi connectivity index (χ4n) is 1.61. The molecule has 3 rings (SSSR count).